The summed E-state index contributed by atoms with van der Waals surface area (Å²) in [5.41, 5.74) is 2.58. The molecule has 0 radical (unpaired) electrons. The van der Waals surface area contributed by atoms with Crippen LogP contribution < -0.4 is 10.1 Å². The number of thioether (sulfide) groups is 1. The van der Waals surface area contributed by atoms with Gasteiger partial charge in [-0.05, 0) is 48.0 Å². The molecular formula is C24H20Cl2N4O2S. The molecule has 0 unspecified atom stereocenters. The zero-order valence-corrected chi connectivity index (χ0v) is 20.0. The van der Waals surface area contributed by atoms with Crippen LogP contribution in [-0.2, 0) is 11.2 Å². The molecule has 4 rings (SSSR count). The van der Waals surface area contributed by atoms with E-state index < -0.39 is 0 Å². The predicted octanol–water partition coefficient (Wildman–Crippen LogP) is 5.90. The molecule has 1 N–H and O–H groups in total. The normalized spacial score (nSPS) is 10.8. The molecular weight excluding hydrogens is 479 g/mol. The van der Waals surface area contributed by atoms with Crippen molar-refractivity contribution in [2.75, 3.05) is 18.2 Å². The number of hydrogen-bond donors (Lipinski definition) is 1. The molecule has 6 nitrogen and oxygen atoms in total. The number of nitrogens with one attached hydrogen (secondary N) is 1. The molecule has 0 bridgehead atoms. The van der Waals surface area contributed by atoms with Crippen molar-refractivity contribution in [3.8, 4) is 11.4 Å². The number of carbonyl (C=O) groups excluding carboxylic acids is 1. The maximum absolute atomic E-state index is 12.6. The summed E-state index contributed by atoms with van der Waals surface area (Å²) in [6.45, 7) is 0. The largest absolute Gasteiger partial charge is 0.495 e. The SMILES string of the molecule is COc1ccc(NC(=O)CSc2nnc(Cc3ccccc3)n2-c2ccc(Cl)cc2)cc1Cl. The second-order valence-electron chi connectivity index (χ2n) is 7.06. The maximum atomic E-state index is 12.6. The summed E-state index contributed by atoms with van der Waals surface area (Å²) in [4.78, 5) is 12.6. The van der Waals surface area contributed by atoms with E-state index in [2.05, 4.69) is 15.5 Å². The fraction of sp³-hybridized carbons (Fsp3) is 0.125. The minimum atomic E-state index is -0.184. The minimum absolute atomic E-state index is 0.153. The zero-order chi connectivity index (χ0) is 23.2. The Labute approximate surface area is 205 Å². The van der Waals surface area contributed by atoms with E-state index in [0.717, 1.165) is 17.1 Å². The van der Waals surface area contributed by atoms with E-state index in [1.807, 2.05) is 59.2 Å². The molecule has 168 valence electrons. The molecule has 0 saturated heterocycles. The third kappa shape index (κ3) is 5.87. The van der Waals surface area contributed by atoms with Gasteiger partial charge in [0.15, 0.2) is 5.16 Å². The van der Waals surface area contributed by atoms with Gasteiger partial charge in [0, 0.05) is 22.8 Å². The van der Waals surface area contributed by atoms with Crippen LogP contribution in [0.25, 0.3) is 5.69 Å². The van der Waals surface area contributed by atoms with Crippen molar-refractivity contribution in [3.05, 3.63) is 94.2 Å². The van der Waals surface area contributed by atoms with Crippen molar-refractivity contribution < 1.29 is 9.53 Å². The predicted molar refractivity (Wildman–Crippen MR) is 133 cm³/mol. The molecule has 0 aliphatic rings. The van der Waals surface area contributed by atoms with E-state index in [1.165, 1.54) is 11.8 Å². The molecule has 33 heavy (non-hydrogen) atoms. The Balaban J connectivity index is 1.52. The third-order valence-electron chi connectivity index (χ3n) is 4.76. The van der Waals surface area contributed by atoms with Crippen molar-refractivity contribution in [1.29, 1.82) is 0 Å². The summed E-state index contributed by atoms with van der Waals surface area (Å²) < 4.78 is 7.09. The number of carbonyl (C=O) groups is 1. The number of aromatic nitrogens is 3. The van der Waals surface area contributed by atoms with Crippen LogP contribution in [0.1, 0.15) is 11.4 Å². The molecule has 0 aliphatic carbocycles. The van der Waals surface area contributed by atoms with Gasteiger partial charge in [-0.3, -0.25) is 9.36 Å². The number of nitrogens with zero attached hydrogens (tertiary/aromatic N) is 3. The van der Waals surface area contributed by atoms with Crippen LogP contribution in [-0.4, -0.2) is 33.5 Å². The molecule has 9 heteroatoms. The molecule has 0 spiro atoms. The maximum Gasteiger partial charge on any atom is 0.234 e. The molecule has 0 saturated carbocycles. The van der Waals surface area contributed by atoms with Gasteiger partial charge in [0.05, 0.1) is 17.9 Å². The fourth-order valence-corrected chi connectivity index (χ4v) is 4.36. The molecule has 0 atom stereocenters. The van der Waals surface area contributed by atoms with Gasteiger partial charge in [-0.1, -0.05) is 65.3 Å². The van der Waals surface area contributed by atoms with Crippen LogP contribution in [0.3, 0.4) is 0 Å². The van der Waals surface area contributed by atoms with Gasteiger partial charge in [0.25, 0.3) is 0 Å². The number of methoxy groups -OCH3 is 1. The standard InChI is InChI=1S/C24H20Cl2N4O2S/c1-32-21-12-9-18(14-20(21)26)27-23(31)15-33-24-29-28-22(13-16-5-3-2-4-6-16)30(24)19-10-7-17(25)8-11-19/h2-12,14H,13,15H2,1H3,(H,27,31). The van der Waals surface area contributed by atoms with Crippen molar-refractivity contribution in [1.82, 2.24) is 14.8 Å². The number of anilines is 1. The van der Waals surface area contributed by atoms with E-state index in [1.54, 1.807) is 25.3 Å². The Kier molecular flexibility index (Phi) is 7.54. The van der Waals surface area contributed by atoms with Crippen LogP contribution in [0.4, 0.5) is 5.69 Å². The molecule has 4 aromatic rings. The summed E-state index contributed by atoms with van der Waals surface area (Å²) >= 11 is 13.5. The third-order valence-corrected chi connectivity index (χ3v) is 6.23. The fourth-order valence-electron chi connectivity index (χ4n) is 3.21. The lowest BCUT2D eigenvalue weighted by atomic mass is 10.1. The Morgan fingerprint density at radius 3 is 2.48 bits per heavy atom. The molecule has 3 aromatic carbocycles. The van der Waals surface area contributed by atoms with Gasteiger partial charge < -0.3 is 10.1 Å². The van der Waals surface area contributed by atoms with Crippen molar-refractivity contribution in [2.45, 2.75) is 11.6 Å². The Bertz CT molecular complexity index is 1250. The number of halogens is 2. The monoisotopic (exact) mass is 498 g/mol. The highest BCUT2D eigenvalue weighted by Crippen LogP contribution is 2.28. The summed E-state index contributed by atoms with van der Waals surface area (Å²) in [7, 11) is 1.54. The van der Waals surface area contributed by atoms with Gasteiger partial charge in [-0.2, -0.15) is 0 Å². The first-order chi connectivity index (χ1) is 16.0. The van der Waals surface area contributed by atoms with Crippen LogP contribution in [0.2, 0.25) is 10.0 Å². The number of benzene rings is 3. The lowest BCUT2D eigenvalue weighted by molar-refractivity contribution is -0.113. The summed E-state index contributed by atoms with van der Waals surface area (Å²) in [6, 6.07) is 22.6. The average Bonchev–Trinajstić information content (AvgIpc) is 3.21. The van der Waals surface area contributed by atoms with Crippen molar-refractivity contribution in [3.63, 3.8) is 0 Å². The number of amides is 1. The second-order valence-corrected chi connectivity index (χ2v) is 8.85. The van der Waals surface area contributed by atoms with E-state index in [-0.39, 0.29) is 11.7 Å². The first-order valence-corrected chi connectivity index (χ1v) is 11.8. The van der Waals surface area contributed by atoms with E-state index in [9.17, 15) is 4.79 Å². The topological polar surface area (TPSA) is 69.0 Å². The van der Waals surface area contributed by atoms with E-state index in [4.69, 9.17) is 27.9 Å². The molecule has 0 aliphatic heterocycles. The smallest absolute Gasteiger partial charge is 0.234 e. The molecule has 1 aromatic heterocycles. The summed E-state index contributed by atoms with van der Waals surface area (Å²) in [5, 5.41) is 13.3. The van der Waals surface area contributed by atoms with Gasteiger partial charge in [-0.25, -0.2) is 0 Å². The van der Waals surface area contributed by atoms with E-state index in [0.29, 0.717) is 33.1 Å². The summed E-state index contributed by atoms with van der Waals surface area (Å²) in [5.74, 6) is 1.29. The number of rotatable bonds is 8. The van der Waals surface area contributed by atoms with Gasteiger partial charge >= 0.3 is 0 Å². The lowest BCUT2D eigenvalue weighted by Gasteiger charge is -2.11. The minimum Gasteiger partial charge on any atom is -0.495 e. The van der Waals surface area contributed by atoms with E-state index >= 15 is 0 Å². The molecule has 0 fully saturated rings. The molecule has 1 heterocycles. The van der Waals surface area contributed by atoms with Gasteiger partial charge in [-0.15, -0.1) is 10.2 Å². The lowest BCUT2D eigenvalue weighted by Crippen LogP contribution is -2.14. The molecule has 1 amide bonds. The van der Waals surface area contributed by atoms with Gasteiger partial charge in [0.2, 0.25) is 5.91 Å². The number of ether oxygens (including phenoxy) is 1. The highest BCUT2D eigenvalue weighted by molar-refractivity contribution is 7.99. The average molecular weight is 499 g/mol. The van der Waals surface area contributed by atoms with Crippen LogP contribution >= 0.6 is 35.0 Å². The van der Waals surface area contributed by atoms with Crippen LogP contribution in [0.15, 0.2) is 78.0 Å². The zero-order valence-electron chi connectivity index (χ0n) is 17.7. The van der Waals surface area contributed by atoms with Crippen molar-refractivity contribution >= 4 is 46.6 Å². The first kappa shape index (κ1) is 23.2. The summed E-state index contributed by atoms with van der Waals surface area (Å²) in [6.07, 6.45) is 0.605. The second kappa shape index (κ2) is 10.7. The first-order valence-electron chi connectivity index (χ1n) is 10.0. The Hall–Kier alpha value is -3.00. The highest BCUT2D eigenvalue weighted by atomic mass is 35.5. The van der Waals surface area contributed by atoms with Gasteiger partial charge in [0.1, 0.15) is 11.6 Å². The number of hydrogen-bond acceptors (Lipinski definition) is 5. The van der Waals surface area contributed by atoms with Crippen LogP contribution in [0, 0.1) is 0 Å². The van der Waals surface area contributed by atoms with Crippen molar-refractivity contribution in [2.24, 2.45) is 0 Å². The quantitative estimate of drug-likeness (QED) is 0.306. The Morgan fingerprint density at radius 2 is 1.79 bits per heavy atom. The highest BCUT2D eigenvalue weighted by Gasteiger charge is 2.17. The Morgan fingerprint density at radius 1 is 1.03 bits per heavy atom. The van der Waals surface area contributed by atoms with Crippen LogP contribution in [0.5, 0.6) is 5.75 Å².